The normalized spacial score (nSPS) is 22.0. The Kier molecular flexibility index (Phi) is 5.24. The van der Waals surface area contributed by atoms with Gasteiger partial charge in [-0.2, -0.15) is 0 Å². The molecule has 1 fully saturated rings. The lowest BCUT2D eigenvalue weighted by molar-refractivity contribution is 0.152. The number of rotatable bonds is 5. The van der Waals surface area contributed by atoms with Gasteiger partial charge in [-0.3, -0.25) is 0 Å². The highest BCUT2D eigenvalue weighted by Gasteiger charge is 2.39. The van der Waals surface area contributed by atoms with E-state index in [1.807, 2.05) is 11.8 Å². The first kappa shape index (κ1) is 18.2. The Morgan fingerprint density at radius 1 is 1.19 bits per heavy atom. The Balaban J connectivity index is 1.49. The number of ether oxygens (including phenoxy) is 2. The molecule has 0 N–H and O–H groups in total. The largest absolute Gasteiger partial charge is 0.493 e. The molecule has 0 aromatic heterocycles. The molecule has 4 heteroatoms. The van der Waals surface area contributed by atoms with E-state index in [0.29, 0.717) is 0 Å². The van der Waals surface area contributed by atoms with E-state index in [4.69, 9.17) is 9.47 Å². The zero-order chi connectivity index (χ0) is 18.1. The maximum atomic E-state index is 6.39. The van der Waals surface area contributed by atoms with Crippen LogP contribution in [-0.4, -0.2) is 42.5 Å². The number of benzene rings is 1. The van der Waals surface area contributed by atoms with Gasteiger partial charge < -0.3 is 14.4 Å². The van der Waals surface area contributed by atoms with Crippen molar-refractivity contribution in [3.05, 3.63) is 28.2 Å². The van der Waals surface area contributed by atoms with Gasteiger partial charge in [-0.15, -0.1) is 11.8 Å². The summed E-state index contributed by atoms with van der Waals surface area (Å²) in [5, 5.41) is 0. The topological polar surface area (TPSA) is 21.7 Å². The van der Waals surface area contributed by atoms with Crippen LogP contribution in [0.4, 0.5) is 0 Å². The maximum absolute atomic E-state index is 6.39. The highest BCUT2D eigenvalue weighted by molar-refractivity contribution is 8.03. The predicted octanol–water partition coefficient (Wildman–Crippen LogP) is 5.27. The number of hydrogen-bond acceptors (Lipinski definition) is 4. The minimum Gasteiger partial charge on any atom is -0.493 e. The monoisotopic (exact) mass is 373 g/mol. The molecule has 1 aromatic rings. The number of likely N-dealkylation sites (tertiary alicyclic amines) is 1. The third-order valence-corrected chi connectivity index (χ3v) is 7.06. The fourth-order valence-electron chi connectivity index (χ4n) is 4.42. The summed E-state index contributed by atoms with van der Waals surface area (Å²) in [7, 11) is 0. The first-order valence-electron chi connectivity index (χ1n) is 10.1. The van der Waals surface area contributed by atoms with E-state index in [-0.39, 0.29) is 5.60 Å². The lowest BCUT2D eigenvalue weighted by Gasteiger charge is -2.35. The predicted molar refractivity (Wildman–Crippen MR) is 110 cm³/mol. The van der Waals surface area contributed by atoms with Crippen molar-refractivity contribution in [2.24, 2.45) is 0 Å². The average Bonchev–Trinajstić information content (AvgIpc) is 3.09. The van der Waals surface area contributed by atoms with Crippen molar-refractivity contribution in [1.82, 2.24) is 4.90 Å². The number of allylic oxidation sites excluding steroid dienone is 1. The lowest BCUT2D eigenvalue weighted by atomic mass is 9.91. The van der Waals surface area contributed by atoms with Gasteiger partial charge in [0.1, 0.15) is 17.1 Å². The Morgan fingerprint density at radius 3 is 2.81 bits per heavy atom. The molecular weight excluding hydrogens is 342 g/mol. The zero-order valence-corrected chi connectivity index (χ0v) is 17.2. The molecule has 1 saturated heterocycles. The standard InChI is InChI=1S/C22H31NO2S/c1-16-14-18(24-12-7-11-23-9-5-4-6-10-23)20-17-8-13-26-21(17)22(2,3)25-19(20)15-16/h14-15H,4-13H2,1-3H3. The first-order chi connectivity index (χ1) is 12.5. The number of piperidine rings is 1. The molecule has 3 aliphatic rings. The summed E-state index contributed by atoms with van der Waals surface area (Å²) in [6.07, 6.45) is 6.32. The Morgan fingerprint density at radius 2 is 2.00 bits per heavy atom. The lowest BCUT2D eigenvalue weighted by Crippen LogP contribution is -2.32. The van der Waals surface area contributed by atoms with Gasteiger partial charge in [0.05, 0.1) is 12.2 Å². The van der Waals surface area contributed by atoms with Gasteiger partial charge in [-0.05, 0) is 82.8 Å². The maximum Gasteiger partial charge on any atom is 0.134 e. The van der Waals surface area contributed by atoms with Crippen molar-refractivity contribution in [3.63, 3.8) is 0 Å². The van der Waals surface area contributed by atoms with Crippen molar-refractivity contribution < 1.29 is 9.47 Å². The molecule has 0 radical (unpaired) electrons. The van der Waals surface area contributed by atoms with Crippen LogP contribution in [0.2, 0.25) is 0 Å². The number of aryl methyl sites for hydroxylation is 1. The average molecular weight is 374 g/mol. The molecule has 26 heavy (non-hydrogen) atoms. The summed E-state index contributed by atoms with van der Waals surface area (Å²) in [6, 6.07) is 4.36. The van der Waals surface area contributed by atoms with Crippen LogP contribution in [0.1, 0.15) is 57.1 Å². The Labute approximate surface area is 162 Å². The van der Waals surface area contributed by atoms with Crippen LogP contribution in [0, 0.1) is 6.92 Å². The van der Waals surface area contributed by atoms with Gasteiger partial charge in [0.25, 0.3) is 0 Å². The summed E-state index contributed by atoms with van der Waals surface area (Å²) in [5.74, 6) is 3.17. The molecule has 0 saturated carbocycles. The highest BCUT2D eigenvalue weighted by atomic mass is 32.2. The molecule has 0 amide bonds. The van der Waals surface area contributed by atoms with Crippen LogP contribution in [0.25, 0.3) is 5.57 Å². The molecule has 3 aliphatic heterocycles. The number of hydrogen-bond donors (Lipinski definition) is 0. The van der Waals surface area contributed by atoms with Gasteiger partial charge >= 0.3 is 0 Å². The molecule has 0 bridgehead atoms. The molecule has 3 nitrogen and oxygen atoms in total. The van der Waals surface area contributed by atoms with E-state index in [1.54, 1.807) is 0 Å². The van der Waals surface area contributed by atoms with Crippen LogP contribution in [0.15, 0.2) is 17.0 Å². The molecule has 142 valence electrons. The SMILES string of the molecule is Cc1cc(OCCCN2CCCCC2)c2c(c1)OC(C)(C)C1=C2CCS1. The molecule has 0 atom stereocenters. The molecule has 1 aromatic carbocycles. The molecule has 0 aliphatic carbocycles. The smallest absolute Gasteiger partial charge is 0.134 e. The minimum atomic E-state index is -0.219. The third-order valence-electron chi connectivity index (χ3n) is 5.62. The van der Waals surface area contributed by atoms with Gasteiger partial charge in [-0.1, -0.05) is 6.42 Å². The van der Waals surface area contributed by atoms with Crippen LogP contribution in [-0.2, 0) is 0 Å². The van der Waals surface area contributed by atoms with Gasteiger partial charge in [0.15, 0.2) is 0 Å². The van der Waals surface area contributed by atoms with Crippen molar-refractivity contribution >= 4 is 17.3 Å². The first-order valence-corrected chi connectivity index (χ1v) is 11.1. The fourth-order valence-corrected chi connectivity index (χ4v) is 5.70. The fraction of sp³-hybridized carbons (Fsp3) is 0.636. The van der Waals surface area contributed by atoms with Crippen molar-refractivity contribution in [1.29, 1.82) is 0 Å². The van der Waals surface area contributed by atoms with E-state index in [2.05, 4.69) is 37.8 Å². The van der Waals surface area contributed by atoms with Gasteiger partial charge in [-0.25, -0.2) is 0 Å². The van der Waals surface area contributed by atoms with Crippen LogP contribution in [0.5, 0.6) is 11.5 Å². The van der Waals surface area contributed by atoms with E-state index >= 15 is 0 Å². The van der Waals surface area contributed by atoms with Gasteiger partial charge in [0.2, 0.25) is 0 Å². The number of thioether (sulfide) groups is 1. The van der Waals surface area contributed by atoms with E-state index in [0.717, 1.165) is 43.2 Å². The molecule has 0 spiro atoms. The van der Waals surface area contributed by atoms with E-state index in [9.17, 15) is 0 Å². The Hall–Kier alpha value is -1.13. The molecular formula is C22H31NO2S. The highest BCUT2D eigenvalue weighted by Crippen LogP contribution is 2.53. The van der Waals surface area contributed by atoms with Crippen LogP contribution >= 0.6 is 11.8 Å². The Bertz CT molecular complexity index is 704. The summed E-state index contributed by atoms with van der Waals surface area (Å²) >= 11 is 1.95. The number of fused-ring (bicyclic) bond motifs is 2. The molecule has 0 unspecified atom stereocenters. The quantitative estimate of drug-likeness (QED) is 0.656. The van der Waals surface area contributed by atoms with Crippen LogP contribution < -0.4 is 9.47 Å². The molecule has 4 rings (SSSR count). The second-order valence-electron chi connectivity index (χ2n) is 8.26. The summed E-state index contributed by atoms with van der Waals surface area (Å²) in [5.41, 5.74) is 3.66. The van der Waals surface area contributed by atoms with Gasteiger partial charge in [0, 0.05) is 17.2 Å². The minimum absolute atomic E-state index is 0.219. The summed E-state index contributed by atoms with van der Waals surface area (Å²) < 4.78 is 12.7. The number of nitrogens with zero attached hydrogens (tertiary/aromatic N) is 1. The van der Waals surface area contributed by atoms with Crippen LogP contribution in [0.3, 0.4) is 0 Å². The van der Waals surface area contributed by atoms with Crippen molar-refractivity contribution in [2.75, 3.05) is 32.0 Å². The third kappa shape index (κ3) is 3.63. The molecule has 3 heterocycles. The van der Waals surface area contributed by atoms with E-state index < -0.39 is 0 Å². The zero-order valence-electron chi connectivity index (χ0n) is 16.4. The van der Waals surface area contributed by atoms with Crippen molar-refractivity contribution in [3.8, 4) is 11.5 Å². The summed E-state index contributed by atoms with van der Waals surface area (Å²) in [4.78, 5) is 3.98. The van der Waals surface area contributed by atoms with E-state index in [1.165, 1.54) is 54.0 Å². The second kappa shape index (κ2) is 7.47. The summed E-state index contributed by atoms with van der Waals surface area (Å²) in [6.45, 7) is 11.0. The van der Waals surface area contributed by atoms with Crippen molar-refractivity contribution in [2.45, 2.75) is 58.5 Å². The second-order valence-corrected chi connectivity index (χ2v) is 9.36.